The minimum atomic E-state index is -2.56. The minimum Gasteiger partial charge on any atom is -0.481 e. The number of amides is 1. The molecule has 152 valence electrons. The number of carbonyl (C=O) groups is 5. The van der Waals surface area contributed by atoms with E-state index in [0.29, 0.717) is 0 Å². The molecule has 12 heteroatoms. The van der Waals surface area contributed by atoms with Gasteiger partial charge in [-0.3, -0.25) is 19.2 Å². The van der Waals surface area contributed by atoms with Crippen LogP contribution in [0, 0.1) is 0 Å². The largest absolute Gasteiger partial charge is 0.481 e. The molecule has 1 amide bonds. The summed E-state index contributed by atoms with van der Waals surface area (Å²) in [4.78, 5) is 58.3. The molecule has 0 aromatic heterocycles. The number of nitrogens with two attached hydrogens (primary N) is 2. The smallest absolute Gasteiger partial charge is 0.330 e. The van der Waals surface area contributed by atoms with Gasteiger partial charge in [-0.05, 0) is 7.05 Å². The van der Waals surface area contributed by atoms with Gasteiger partial charge in [0.05, 0.1) is 18.6 Å². The first kappa shape index (κ1) is 24.3. The Labute approximate surface area is 154 Å². The topological polar surface area (TPSA) is 222 Å². The number of hydrogen-bond acceptors (Lipinski definition) is 9. The number of likely N-dealkylation sites (N-methyl/N-ethyl adjacent to an activating group) is 1. The lowest BCUT2D eigenvalue weighted by atomic mass is 9.86. The molecule has 0 radical (unpaired) electrons. The highest BCUT2D eigenvalue weighted by molar-refractivity contribution is 6.13. The molecule has 0 spiro atoms. The third-order valence-electron chi connectivity index (χ3n) is 3.68. The molecule has 0 aliphatic heterocycles. The van der Waals surface area contributed by atoms with Gasteiger partial charge < -0.3 is 37.4 Å². The highest BCUT2D eigenvalue weighted by Gasteiger charge is 2.45. The number of aliphatic hydroxyl groups is 1. The van der Waals surface area contributed by atoms with E-state index in [1.807, 2.05) is 5.32 Å². The monoisotopic (exact) mass is 388 g/mol. The lowest BCUT2D eigenvalue weighted by molar-refractivity contribution is -0.154. The van der Waals surface area contributed by atoms with Crippen LogP contribution in [0.5, 0.6) is 0 Å². The van der Waals surface area contributed by atoms with Gasteiger partial charge in [0.15, 0.2) is 17.6 Å². The molecular weight excluding hydrogens is 364 g/mol. The summed E-state index contributed by atoms with van der Waals surface area (Å²) >= 11 is 0. The second-order valence-corrected chi connectivity index (χ2v) is 5.71. The molecule has 0 aromatic rings. The Morgan fingerprint density at radius 1 is 1.19 bits per heavy atom. The third kappa shape index (κ3) is 7.22. The van der Waals surface area contributed by atoms with Gasteiger partial charge in [0.2, 0.25) is 5.91 Å². The lowest BCUT2D eigenvalue weighted by Crippen LogP contribution is -2.60. The summed E-state index contributed by atoms with van der Waals surface area (Å²) < 4.78 is 0. The van der Waals surface area contributed by atoms with Crippen LogP contribution in [0.1, 0.15) is 12.8 Å². The first-order valence-corrected chi connectivity index (χ1v) is 7.78. The van der Waals surface area contributed by atoms with Gasteiger partial charge in [0, 0.05) is 19.0 Å². The summed E-state index contributed by atoms with van der Waals surface area (Å²) in [5, 5.41) is 32.0. The maximum absolute atomic E-state index is 12.4. The second-order valence-electron chi connectivity index (χ2n) is 5.71. The molecule has 0 aliphatic rings. The van der Waals surface area contributed by atoms with Gasteiger partial charge in [-0.25, -0.2) is 4.79 Å². The van der Waals surface area contributed by atoms with Crippen LogP contribution in [0.3, 0.4) is 0 Å². The summed E-state index contributed by atoms with van der Waals surface area (Å²) in [5.41, 5.74) is 7.74. The van der Waals surface area contributed by atoms with E-state index < -0.39 is 66.3 Å². The molecule has 12 nitrogen and oxygen atoms in total. The quantitative estimate of drug-likeness (QED) is 0.0705. The summed E-state index contributed by atoms with van der Waals surface area (Å²) in [5.74, 6) is -5.61. The lowest BCUT2D eigenvalue weighted by Gasteiger charge is -2.29. The van der Waals surface area contributed by atoms with Crippen molar-refractivity contribution in [2.24, 2.45) is 11.5 Å². The predicted octanol–water partition coefficient (Wildman–Crippen LogP) is -3.65. The van der Waals surface area contributed by atoms with E-state index in [1.165, 1.54) is 13.1 Å². The van der Waals surface area contributed by atoms with Crippen LogP contribution in [0.15, 0.2) is 11.6 Å². The number of hydrogen-bond donors (Lipinski definition) is 7. The Hall–Kier alpha value is -2.67. The van der Waals surface area contributed by atoms with Crippen LogP contribution in [-0.4, -0.2) is 83.1 Å². The zero-order valence-corrected chi connectivity index (χ0v) is 14.7. The number of allylic oxidation sites excluding steroid dienone is 1. The number of ketones is 1. The zero-order valence-electron chi connectivity index (χ0n) is 14.7. The number of carboxylic acid groups (broad SMARTS) is 2. The maximum Gasteiger partial charge on any atom is 0.330 e. The molecule has 0 bridgehead atoms. The number of Topliss-reactive ketones (excluding diaryl/α,β-unsaturated/α-hetero) is 1. The van der Waals surface area contributed by atoms with E-state index in [-0.39, 0.29) is 12.8 Å². The first-order valence-electron chi connectivity index (χ1n) is 7.78. The summed E-state index contributed by atoms with van der Waals surface area (Å²) in [6.07, 6.45) is -0.832. The van der Waals surface area contributed by atoms with Crippen molar-refractivity contribution < 1.29 is 39.3 Å². The van der Waals surface area contributed by atoms with Crippen molar-refractivity contribution in [3.63, 3.8) is 0 Å². The van der Waals surface area contributed by atoms with Crippen molar-refractivity contribution in [2.45, 2.75) is 30.5 Å². The maximum atomic E-state index is 12.4. The van der Waals surface area contributed by atoms with Crippen LogP contribution in [0.2, 0.25) is 0 Å². The van der Waals surface area contributed by atoms with Crippen molar-refractivity contribution in [2.75, 3.05) is 20.2 Å². The van der Waals surface area contributed by atoms with Gasteiger partial charge in [-0.15, -0.1) is 0 Å². The predicted molar refractivity (Wildman–Crippen MR) is 91.5 cm³/mol. The first-order chi connectivity index (χ1) is 12.6. The van der Waals surface area contributed by atoms with E-state index in [1.54, 1.807) is 0 Å². The highest BCUT2D eigenvalue weighted by Crippen LogP contribution is 2.20. The number of aldehydes is 1. The van der Waals surface area contributed by atoms with Crippen LogP contribution >= 0.6 is 0 Å². The van der Waals surface area contributed by atoms with Gasteiger partial charge in [0.1, 0.15) is 6.04 Å². The minimum absolute atomic E-state index is 0.0302. The fraction of sp³-hybridized carbons (Fsp3) is 0.533. The van der Waals surface area contributed by atoms with Gasteiger partial charge >= 0.3 is 11.9 Å². The number of carbonyl (C=O) groups excluding carboxylic acids is 3. The number of nitrogens with one attached hydrogen (secondary N) is 2. The number of aliphatic hydroxyl groups excluding tert-OH is 1. The number of rotatable bonds is 13. The molecule has 0 aromatic carbocycles. The summed E-state index contributed by atoms with van der Waals surface area (Å²) in [6, 6.07) is -2.09. The van der Waals surface area contributed by atoms with E-state index in [9.17, 15) is 29.1 Å². The highest BCUT2D eigenvalue weighted by atomic mass is 16.4. The Kier molecular flexibility index (Phi) is 10.0. The van der Waals surface area contributed by atoms with E-state index in [4.69, 9.17) is 21.7 Å². The standard InChI is InChI=1S/C15H24N4O8/c1-18-9(5-16)2-8(6-20)11(22)3-15(14(26)27,4-12(23)24)19-13(25)10(17)7-21/h2,6,9-10,18,21H,3-5,7,16-17H2,1H3,(H,19,25)(H,23,24)(H,26,27)/b8-2+. The molecule has 0 saturated heterocycles. The molecule has 27 heavy (non-hydrogen) atoms. The molecule has 0 fully saturated rings. The number of carboxylic acids is 2. The average Bonchev–Trinajstić information content (AvgIpc) is 2.60. The molecule has 9 N–H and O–H groups in total. The zero-order chi connectivity index (χ0) is 21.2. The van der Waals surface area contributed by atoms with Crippen molar-refractivity contribution >= 4 is 29.9 Å². The molecule has 0 saturated carbocycles. The van der Waals surface area contributed by atoms with Crippen LogP contribution in [0.4, 0.5) is 0 Å². The Morgan fingerprint density at radius 3 is 2.15 bits per heavy atom. The molecule has 0 rings (SSSR count). The average molecular weight is 388 g/mol. The van der Waals surface area contributed by atoms with Gasteiger partial charge in [-0.1, -0.05) is 6.08 Å². The van der Waals surface area contributed by atoms with Crippen molar-refractivity contribution in [3.05, 3.63) is 11.6 Å². The Balaban J connectivity index is 5.89. The van der Waals surface area contributed by atoms with E-state index in [0.717, 1.165) is 0 Å². The number of aliphatic carboxylic acids is 2. The SMILES string of the molecule is CNC(/C=C(\C=O)C(=O)CC(CC(=O)O)(NC(=O)C(N)CO)C(=O)O)CN. The summed E-state index contributed by atoms with van der Waals surface area (Å²) in [6.45, 7) is -0.801. The van der Waals surface area contributed by atoms with Crippen molar-refractivity contribution in [3.8, 4) is 0 Å². The summed E-state index contributed by atoms with van der Waals surface area (Å²) in [7, 11) is 1.52. The van der Waals surface area contributed by atoms with Gasteiger partial charge in [0.25, 0.3) is 0 Å². The fourth-order valence-corrected chi connectivity index (χ4v) is 2.09. The molecular formula is C15H24N4O8. The van der Waals surface area contributed by atoms with Gasteiger partial charge in [-0.2, -0.15) is 0 Å². The van der Waals surface area contributed by atoms with Crippen LogP contribution < -0.4 is 22.1 Å². The van der Waals surface area contributed by atoms with Crippen LogP contribution in [0.25, 0.3) is 0 Å². The fourth-order valence-electron chi connectivity index (χ4n) is 2.09. The second kappa shape index (κ2) is 11.1. The Bertz CT molecular complexity index is 617. The van der Waals surface area contributed by atoms with Crippen LogP contribution in [-0.2, 0) is 24.0 Å². The molecule has 0 aliphatic carbocycles. The normalized spacial score (nSPS) is 15.9. The Morgan fingerprint density at radius 2 is 1.78 bits per heavy atom. The molecule has 3 atom stereocenters. The molecule has 0 heterocycles. The van der Waals surface area contributed by atoms with Crippen molar-refractivity contribution in [1.82, 2.24) is 10.6 Å². The molecule has 3 unspecified atom stereocenters. The van der Waals surface area contributed by atoms with E-state index >= 15 is 0 Å². The third-order valence-corrected chi connectivity index (χ3v) is 3.68. The van der Waals surface area contributed by atoms with E-state index in [2.05, 4.69) is 5.32 Å². The van der Waals surface area contributed by atoms with Crippen molar-refractivity contribution in [1.29, 1.82) is 0 Å².